The van der Waals surface area contributed by atoms with Crippen molar-refractivity contribution in [2.75, 3.05) is 51.4 Å². The first-order chi connectivity index (χ1) is 11.7. The van der Waals surface area contributed by atoms with Crippen molar-refractivity contribution in [1.82, 2.24) is 5.32 Å². The van der Waals surface area contributed by atoms with Crippen LogP contribution in [0.25, 0.3) is 0 Å². The summed E-state index contributed by atoms with van der Waals surface area (Å²) in [4.78, 5) is 6.86. The topological polar surface area (TPSA) is 72.1 Å². The van der Waals surface area contributed by atoms with Crippen molar-refractivity contribution in [1.29, 1.82) is 0 Å². The molecule has 3 N–H and O–H groups in total. The summed E-state index contributed by atoms with van der Waals surface area (Å²) < 4.78 is 10.6. The fourth-order valence-corrected chi connectivity index (χ4v) is 2.84. The van der Waals surface area contributed by atoms with Crippen molar-refractivity contribution >= 4 is 11.6 Å². The van der Waals surface area contributed by atoms with Gasteiger partial charge in [0.05, 0.1) is 7.11 Å². The van der Waals surface area contributed by atoms with E-state index in [0.717, 1.165) is 58.0 Å². The van der Waals surface area contributed by atoms with E-state index in [9.17, 15) is 0 Å². The van der Waals surface area contributed by atoms with Gasteiger partial charge in [0.1, 0.15) is 5.75 Å². The number of rotatable bonds is 9. The first-order valence-electron chi connectivity index (χ1n) is 8.73. The van der Waals surface area contributed by atoms with Gasteiger partial charge in [0.25, 0.3) is 0 Å². The smallest absolute Gasteiger partial charge is 0.188 e. The van der Waals surface area contributed by atoms with E-state index >= 15 is 0 Å². The molecule has 134 valence electrons. The van der Waals surface area contributed by atoms with E-state index in [1.165, 1.54) is 5.69 Å². The van der Waals surface area contributed by atoms with Crippen molar-refractivity contribution in [3.63, 3.8) is 0 Å². The Kier molecular flexibility index (Phi) is 7.68. The fourth-order valence-electron chi connectivity index (χ4n) is 2.84. The van der Waals surface area contributed by atoms with Crippen molar-refractivity contribution in [3.8, 4) is 5.75 Å². The highest BCUT2D eigenvalue weighted by atomic mass is 16.5. The second kappa shape index (κ2) is 10.0. The van der Waals surface area contributed by atoms with Crippen molar-refractivity contribution in [3.05, 3.63) is 24.3 Å². The number of hydrogen-bond donors (Lipinski definition) is 2. The SMILES string of the molecule is CCOCCCNC(N)=NCC1CCN(c2cccc(OC)c2)C1. The molecule has 1 aliphatic heterocycles. The Morgan fingerprint density at radius 1 is 1.46 bits per heavy atom. The maximum Gasteiger partial charge on any atom is 0.188 e. The number of aliphatic imine (C=N–C) groups is 1. The molecule has 1 atom stereocenters. The monoisotopic (exact) mass is 334 g/mol. The average molecular weight is 334 g/mol. The van der Waals surface area contributed by atoms with Gasteiger partial charge in [-0.1, -0.05) is 6.07 Å². The molecule has 0 aromatic heterocycles. The molecule has 1 unspecified atom stereocenters. The molecule has 0 aliphatic carbocycles. The maximum atomic E-state index is 5.92. The predicted molar refractivity (Wildman–Crippen MR) is 98.9 cm³/mol. The molecule has 24 heavy (non-hydrogen) atoms. The van der Waals surface area contributed by atoms with Gasteiger partial charge in [-0.25, -0.2) is 0 Å². The van der Waals surface area contributed by atoms with E-state index in [1.54, 1.807) is 7.11 Å². The van der Waals surface area contributed by atoms with Gasteiger partial charge < -0.3 is 25.4 Å². The van der Waals surface area contributed by atoms with Gasteiger partial charge in [-0.2, -0.15) is 0 Å². The lowest BCUT2D eigenvalue weighted by molar-refractivity contribution is 0.145. The Hall–Kier alpha value is -1.95. The molecule has 6 nitrogen and oxygen atoms in total. The van der Waals surface area contributed by atoms with Crippen LogP contribution in [0.15, 0.2) is 29.3 Å². The zero-order valence-electron chi connectivity index (χ0n) is 14.8. The molecule has 0 saturated carbocycles. The van der Waals surface area contributed by atoms with E-state index in [4.69, 9.17) is 15.2 Å². The standard InChI is InChI=1S/C18H30N4O2/c1-3-24-11-5-9-20-18(19)21-13-15-8-10-22(14-15)16-6-4-7-17(12-16)23-2/h4,6-7,12,15H,3,5,8-11,13-14H2,1-2H3,(H3,19,20,21). The second-order valence-corrected chi connectivity index (χ2v) is 6.01. The molecule has 1 fully saturated rings. The zero-order chi connectivity index (χ0) is 17.2. The molecule has 1 aromatic carbocycles. The Balaban J connectivity index is 1.72. The third-order valence-corrected chi connectivity index (χ3v) is 4.20. The molecule has 1 aliphatic rings. The van der Waals surface area contributed by atoms with Gasteiger partial charge in [-0.3, -0.25) is 4.99 Å². The van der Waals surface area contributed by atoms with Gasteiger partial charge in [-0.05, 0) is 37.8 Å². The van der Waals surface area contributed by atoms with Gasteiger partial charge in [0.15, 0.2) is 5.96 Å². The summed E-state index contributed by atoms with van der Waals surface area (Å²) in [6.45, 7) is 7.15. The molecule has 1 aromatic rings. The molecule has 1 heterocycles. The lowest BCUT2D eigenvalue weighted by Gasteiger charge is -2.19. The zero-order valence-corrected chi connectivity index (χ0v) is 14.8. The largest absolute Gasteiger partial charge is 0.497 e. The van der Waals surface area contributed by atoms with E-state index < -0.39 is 0 Å². The lowest BCUT2D eigenvalue weighted by atomic mass is 10.1. The van der Waals surface area contributed by atoms with E-state index in [1.807, 2.05) is 19.1 Å². The summed E-state index contributed by atoms with van der Waals surface area (Å²) in [6.07, 6.45) is 2.08. The van der Waals surface area contributed by atoms with Gasteiger partial charge in [0, 0.05) is 51.1 Å². The van der Waals surface area contributed by atoms with Crippen LogP contribution in [0, 0.1) is 5.92 Å². The molecule has 0 bridgehead atoms. The van der Waals surface area contributed by atoms with Crippen molar-refractivity contribution in [2.24, 2.45) is 16.6 Å². The van der Waals surface area contributed by atoms with Gasteiger partial charge in [-0.15, -0.1) is 0 Å². The van der Waals surface area contributed by atoms with Crippen LogP contribution in [-0.4, -0.2) is 52.5 Å². The lowest BCUT2D eigenvalue weighted by Crippen LogP contribution is -2.33. The van der Waals surface area contributed by atoms with Crippen LogP contribution in [0.1, 0.15) is 19.8 Å². The normalized spacial score (nSPS) is 18.0. The summed E-state index contributed by atoms with van der Waals surface area (Å²) in [5, 5.41) is 3.14. The number of nitrogens with two attached hydrogens (primary N) is 1. The molecular formula is C18H30N4O2. The van der Waals surface area contributed by atoms with Crippen molar-refractivity contribution in [2.45, 2.75) is 19.8 Å². The van der Waals surface area contributed by atoms with Crippen LogP contribution in [0.2, 0.25) is 0 Å². The molecule has 2 rings (SSSR count). The summed E-state index contributed by atoms with van der Waals surface area (Å²) in [7, 11) is 1.70. The number of ether oxygens (including phenoxy) is 2. The quantitative estimate of drug-likeness (QED) is 0.410. The number of nitrogens with one attached hydrogen (secondary N) is 1. The Morgan fingerprint density at radius 3 is 3.12 bits per heavy atom. The Bertz CT molecular complexity index is 521. The number of benzene rings is 1. The summed E-state index contributed by atoms with van der Waals surface area (Å²) in [5.41, 5.74) is 7.13. The van der Waals surface area contributed by atoms with Crippen LogP contribution in [-0.2, 0) is 4.74 Å². The number of guanidine groups is 1. The van der Waals surface area contributed by atoms with Crippen LogP contribution in [0.4, 0.5) is 5.69 Å². The highest BCUT2D eigenvalue weighted by Gasteiger charge is 2.22. The van der Waals surface area contributed by atoms with E-state index in [2.05, 4.69) is 27.3 Å². The number of nitrogens with zero attached hydrogens (tertiary/aromatic N) is 2. The van der Waals surface area contributed by atoms with Crippen LogP contribution >= 0.6 is 0 Å². The first-order valence-corrected chi connectivity index (χ1v) is 8.73. The third kappa shape index (κ3) is 5.92. The van der Waals surface area contributed by atoms with E-state index in [-0.39, 0.29) is 0 Å². The predicted octanol–water partition coefficient (Wildman–Crippen LogP) is 1.85. The minimum Gasteiger partial charge on any atom is -0.497 e. The van der Waals surface area contributed by atoms with Crippen LogP contribution in [0.3, 0.4) is 0 Å². The first kappa shape index (κ1) is 18.4. The Morgan fingerprint density at radius 2 is 2.33 bits per heavy atom. The molecule has 0 amide bonds. The fraction of sp³-hybridized carbons (Fsp3) is 0.611. The summed E-state index contributed by atoms with van der Waals surface area (Å²) >= 11 is 0. The second-order valence-electron chi connectivity index (χ2n) is 6.01. The summed E-state index contributed by atoms with van der Waals surface area (Å²) in [6, 6.07) is 8.21. The summed E-state index contributed by atoms with van der Waals surface area (Å²) in [5.74, 6) is 1.97. The average Bonchev–Trinajstić information content (AvgIpc) is 3.09. The van der Waals surface area contributed by atoms with E-state index in [0.29, 0.717) is 11.9 Å². The number of methoxy groups -OCH3 is 1. The van der Waals surface area contributed by atoms with Crippen molar-refractivity contribution < 1.29 is 9.47 Å². The minimum absolute atomic E-state index is 0.534. The highest BCUT2D eigenvalue weighted by molar-refractivity contribution is 5.77. The van der Waals surface area contributed by atoms with Gasteiger partial charge >= 0.3 is 0 Å². The highest BCUT2D eigenvalue weighted by Crippen LogP contribution is 2.26. The molecule has 1 saturated heterocycles. The third-order valence-electron chi connectivity index (χ3n) is 4.20. The minimum atomic E-state index is 0.534. The molecular weight excluding hydrogens is 304 g/mol. The number of hydrogen-bond acceptors (Lipinski definition) is 4. The molecule has 6 heteroatoms. The molecule has 0 spiro atoms. The number of anilines is 1. The maximum absolute atomic E-state index is 5.92. The van der Waals surface area contributed by atoms with Gasteiger partial charge in [0.2, 0.25) is 0 Å². The molecule has 0 radical (unpaired) electrons. The Labute approximate surface area is 145 Å². The van der Waals surface area contributed by atoms with Crippen LogP contribution < -0.4 is 20.7 Å². The van der Waals surface area contributed by atoms with Crippen LogP contribution in [0.5, 0.6) is 5.75 Å².